The normalized spacial score (nSPS) is 22.5. The Kier molecular flexibility index (Phi) is 7.48. The Morgan fingerprint density at radius 1 is 0.905 bits per heavy atom. The van der Waals surface area contributed by atoms with Gasteiger partial charge in [0.2, 0.25) is 11.8 Å². The van der Waals surface area contributed by atoms with E-state index >= 15 is 0 Å². The number of carbonyl (C=O) groups is 4. The van der Waals surface area contributed by atoms with Crippen molar-refractivity contribution in [2.24, 2.45) is 17.8 Å². The summed E-state index contributed by atoms with van der Waals surface area (Å²) >= 11 is 9.62. The molecule has 42 heavy (non-hydrogen) atoms. The Bertz CT molecular complexity index is 1520. The molecule has 1 N–H and O–H groups in total. The van der Waals surface area contributed by atoms with Crippen LogP contribution in [-0.2, 0) is 23.9 Å². The monoisotopic (exact) mass is 648 g/mol. The lowest BCUT2D eigenvalue weighted by molar-refractivity contribution is -0.160. The zero-order chi connectivity index (χ0) is 29.9. The molecule has 0 spiro atoms. The summed E-state index contributed by atoms with van der Waals surface area (Å²) in [5, 5.41) is 3.18. The van der Waals surface area contributed by atoms with E-state index in [2.05, 4.69) is 21.2 Å². The van der Waals surface area contributed by atoms with Gasteiger partial charge in [-0.2, -0.15) is 0 Å². The van der Waals surface area contributed by atoms with Crippen LogP contribution in [0.5, 0.6) is 0 Å². The summed E-state index contributed by atoms with van der Waals surface area (Å²) in [6, 6.07) is 18.3. The molecule has 0 aromatic heterocycles. The quantitative estimate of drug-likeness (QED) is 0.243. The Balaban J connectivity index is 1.26. The maximum Gasteiger partial charge on any atom is 0.329 e. The molecule has 216 valence electrons. The fraction of sp³-hybridized carbons (Fsp3) is 0.333. The molecule has 0 radical (unpaired) electrons. The highest BCUT2D eigenvalue weighted by Gasteiger charge is 2.63. The van der Waals surface area contributed by atoms with Crippen LogP contribution in [0.15, 0.2) is 65.1 Å². The van der Waals surface area contributed by atoms with Gasteiger partial charge in [0.1, 0.15) is 6.04 Å². The first kappa shape index (κ1) is 28.6. The number of halogens is 2. The third kappa shape index (κ3) is 4.56. The molecule has 1 fully saturated rings. The Hall–Kier alpha value is -3.49. The number of ether oxygens (including phenoxy) is 1. The summed E-state index contributed by atoms with van der Waals surface area (Å²) in [6.45, 7) is 5.04. The number of anilines is 1. The van der Waals surface area contributed by atoms with E-state index < -0.39 is 36.4 Å². The van der Waals surface area contributed by atoms with Gasteiger partial charge in [-0.15, -0.1) is 0 Å². The molecule has 7 nitrogen and oxygen atoms in total. The van der Waals surface area contributed by atoms with E-state index in [1.165, 1.54) is 0 Å². The van der Waals surface area contributed by atoms with Gasteiger partial charge in [0.25, 0.3) is 5.91 Å². The predicted molar refractivity (Wildman–Crippen MR) is 162 cm³/mol. The molecule has 3 aliphatic carbocycles. The van der Waals surface area contributed by atoms with E-state index in [0.717, 1.165) is 27.2 Å². The SMILES string of the molecule is Cc1c(NC(=O)COC(=O)[C@@H](CC(C)C)N2C(=O)[C@@H]3C4c5ccccc5C(c5ccccc54)[C@@H]3C2=O)ccc(Br)c1Cl. The minimum Gasteiger partial charge on any atom is -0.454 e. The van der Waals surface area contributed by atoms with Gasteiger partial charge in [-0.1, -0.05) is 74.0 Å². The second-order valence-electron chi connectivity index (χ2n) is 11.6. The first-order valence-electron chi connectivity index (χ1n) is 14.1. The second kappa shape index (κ2) is 11.0. The van der Waals surface area contributed by atoms with E-state index in [0.29, 0.717) is 20.7 Å². The minimum absolute atomic E-state index is 0.0155. The molecule has 1 aliphatic heterocycles. The average Bonchev–Trinajstić information content (AvgIpc) is 3.24. The van der Waals surface area contributed by atoms with Crippen LogP contribution in [0.3, 0.4) is 0 Å². The topological polar surface area (TPSA) is 92.8 Å². The van der Waals surface area contributed by atoms with E-state index in [1.807, 2.05) is 62.4 Å². The van der Waals surface area contributed by atoms with Gasteiger partial charge >= 0.3 is 5.97 Å². The maximum absolute atomic E-state index is 14.2. The lowest BCUT2D eigenvalue weighted by Crippen LogP contribution is -2.47. The van der Waals surface area contributed by atoms with E-state index in [4.69, 9.17) is 16.3 Å². The second-order valence-corrected chi connectivity index (χ2v) is 12.9. The molecule has 1 saturated heterocycles. The molecule has 3 atom stereocenters. The summed E-state index contributed by atoms with van der Waals surface area (Å²) in [7, 11) is 0. The summed E-state index contributed by atoms with van der Waals surface area (Å²) in [6.07, 6.45) is 0.230. The number of esters is 1. The number of benzene rings is 3. The highest BCUT2D eigenvalue weighted by molar-refractivity contribution is 9.10. The van der Waals surface area contributed by atoms with Gasteiger partial charge in [-0.3, -0.25) is 19.3 Å². The van der Waals surface area contributed by atoms with Crippen molar-refractivity contribution in [3.05, 3.63) is 98.0 Å². The van der Waals surface area contributed by atoms with Crippen molar-refractivity contribution < 1.29 is 23.9 Å². The van der Waals surface area contributed by atoms with Crippen LogP contribution in [0, 0.1) is 24.7 Å². The van der Waals surface area contributed by atoms with Gasteiger partial charge in [-0.25, -0.2) is 4.79 Å². The zero-order valence-corrected chi connectivity index (χ0v) is 25.7. The lowest BCUT2D eigenvalue weighted by atomic mass is 9.55. The van der Waals surface area contributed by atoms with Crippen LogP contribution < -0.4 is 5.32 Å². The number of imide groups is 1. The van der Waals surface area contributed by atoms with Crippen LogP contribution in [0.2, 0.25) is 5.02 Å². The lowest BCUT2D eigenvalue weighted by Gasteiger charge is -2.45. The minimum atomic E-state index is -1.13. The molecule has 3 amide bonds. The zero-order valence-electron chi connectivity index (χ0n) is 23.4. The van der Waals surface area contributed by atoms with Crippen molar-refractivity contribution in [1.82, 2.24) is 4.90 Å². The number of amides is 3. The van der Waals surface area contributed by atoms with Gasteiger partial charge < -0.3 is 10.1 Å². The highest BCUT2D eigenvalue weighted by Crippen LogP contribution is 2.61. The number of nitrogens with zero attached hydrogens (tertiary/aromatic N) is 1. The fourth-order valence-electron chi connectivity index (χ4n) is 6.97. The summed E-state index contributed by atoms with van der Waals surface area (Å²) in [5.74, 6) is -3.76. The van der Waals surface area contributed by atoms with Crippen LogP contribution in [0.1, 0.15) is 59.9 Å². The standard InChI is InChI=1S/C33H30BrClN2O5/c1-16(2)14-24(33(41)42-15-25(38)36-23-13-12-22(34)30(35)17(23)3)37-31(39)28-26-18-8-4-5-9-19(18)27(29(28)32(37)40)21-11-7-6-10-20(21)26/h4-13,16,24,26-29H,14-15H2,1-3H3,(H,36,38)/t24-,26?,27?,28-,29+/m1/s1. The first-order chi connectivity index (χ1) is 20.1. The van der Waals surface area contributed by atoms with Crippen molar-refractivity contribution in [3.8, 4) is 0 Å². The van der Waals surface area contributed by atoms with Crippen LogP contribution in [0.4, 0.5) is 5.69 Å². The van der Waals surface area contributed by atoms with Crippen molar-refractivity contribution in [2.45, 2.75) is 45.1 Å². The van der Waals surface area contributed by atoms with Gasteiger partial charge in [0, 0.05) is 22.0 Å². The predicted octanol–water partition coefficient (Wildman–Crippen LogP) is 6.20. The van der Waals surface area contributed by atoms with Crippen molar-refractivity contribution in [3.63, 3.8) is 0 Å². The first-order valence-corrected chi connectivity index (χ1v) is 15.2. The molecule has 3 aromatic carbocycles. The van der Waals surface area contributed by atoms with Crippen LogP contribution >= 0.6 is 27.5 Å². The molecular formula is C33H30BrClN2O5. The number of likely N-dealkylation sites (tertiary alicyclic amines) is 1. The highest BCUT2D eigenvalue weighted by atomic mass is 79.9. The largest absolute Gasteiger partial charge is 0.454 e. The van der Waals surface area contributed by atoms with Gasteiger partial charge in [-0.05, 0) is 75.1 Å². The molecule has 3 aromatic rings. The molecule has 0 saturated carbocycles. The van der Waals surface area contributed by atoms with Gasteiger partial charge in [0.15, 0.2) is 6.61 Å². The molecule has 1 heterocycles. The maximum atomic E-state index is 14.2. The number of rotatable bonds is 7. The average molecular weight is 650 g/mol. The Labute approximate surface area is 257 Å². The number of nitrogens with one attached hydrogen (secondary N) is 1. The number of hydrogen-bond acceptors (Lipinski definition) is 5. The van der Waals surface area contributed by atoms with E-state index in [-0.39, 0.29) is 36.0 Å². The smallest absolute Gasteiger partial charge is 0.329 e. The molecule has 2 bridgehead atoms. The molecule has 9 heteroatoms. The number of carbonyl (C=O) groups excluding carboxylic acids is 4. The fourth-order valence-corrected chi connectivity index (χ4v) is 7.56. The van der Waals surface area contributed by atoms with Crippen LogP contribution in [0.25, 0.3) is 0 Å². The Morgan fingerprint density at radius 3 is 1.88 bits per heavy atom. The molecule has 0 unspecified atom stereocenters. The summed E-state index contributed by atoms with van der Waals surface area (Å²) in [4.78, 5) is 55.7. The third-order valence-electron chi connectivity index (χ3n) is 8.72. The molecule has 4 aliphatic rings. The molecular weight excluding hydrogens is 620 g/mol. The van der Waals surface area contributed by atoms with E-state index in [1.54, 1.807) is 19.1 Å². The summed E-state index contributed by atoms with van der Waals surface area (Å²) in [5.41, 5.74) is 5.41. The number of hydrogen-bond donors (Lipinski definition) is 1. The van der Waals surface area contributed by atoms with Crippen LogP contribution in [-0.4, -0.2) is 41.2 Å². The Morgan fingerprint density at radius 2 is 1.40 bits per heavy atom. The molecule has 7 rings (SSSR count). The van der Waals surface area contributed by atoms with Crippen molar-refractivity contribution >= 4 is 56.9 Å². The van der Waals surface area contributed by atoms with Crippen molar-refractivity contribution in [1.29, 1.82) is 0 Å². The summed E-state index contributed by atoms with van der Waals surface area (Å²) < 4.78 is 6.15. The van der Waals surface area contributed by atoms with E-state index in [9.17, 15) is 19.2 Å². The van der Waals surface area contributed by atoms with Gasteiger partial charge in [0.05, 0.1) is 16.9 Å². The van der Waals surface area contributed by atoms with Crippen molar-refractivity contribution in [2.75, 3.05) is 11.9 Å². The third-order valence-corrected chi connectivity index (χ3v) is 10.1.